The Morgan fingerprint density at radius 2 is 2.11 bits per heavy atom. The van der Waals surface area contributed by atoms with Crippen molar-refractivity contribution >= 4 is 33.0 Å². The molecule has 0 atom stereocenters. The van der Waals surface area contributed by atoms with E-state index in [2.05, 4.69) is 20.5 Å². The number of aromatic nitrogens is 3. The van der Waals surface area contributed by atoms with E-state index in [0.717, 1.165) is 11.3 Å². The highest BCUT2D eigenvalue weighted by atomic mass is 32.2. The summed E-state index contributed by atoms with van der Waals surface area (Å²) in [5.41, 5.74) is 0.980. The Kier molecular flexibility index (Phi) is 3.55. The van der Waals surface area contributed by atoms with Crippen molar-refractivity contribution in [2.45, 2.75) is 11.3 Å². The van der Waals surface area contributed by atoms with Crippen molar-refractivity contribution in [3.63, 3.8) is 0 Å². The highest BCUT2D eigenvalue weighted by Gasteiger charge is 2.16. The third-order valence-corrected chi connectivity index (χ3v) is 4.21. The van der Waals surface area contributed by atoms with E-state index >= 15 is 0 Å². The number of pyridine rings is 1. The summed E-state index contributed by atoms with van der Waals surface area (Å²) in [4.78, 5) is 14.9. The maximum absolute atomic E-state index is 11.1. The van der Waals surface area contributed by atoms with Crippen LogP contribution in [-0.4, -0.2) is 29.5 Å². The minimum atomic E-state index is -3.85. The first-order valence-electron chi connectivity index (χ1n) is 4.96. The lowest BCUT2D eigenvalue weighted by Gasteiger charge is -2.01. The zero-order valence-corrected chi connectivity index (χ0v) is 11.3. The monoisotopic (exact) mass is 299 g/mol. The van der Waals surface area contributed by atoms with Crippen LogP contribution < -0.4 is 10.5 Å². The largest absolute Gasteiger partial charge is 0.325 e. The zero-order chi connectivity index (χ0) is 14.0. The molecule has 0 radical (unpaired) electrons. The average molecular weight is 299 g/mol. The normalized spacial score (nSPS) is 11.3. The molecule has 0 aliphatic rings. The van der Waals surface area contributed by atoms with Crippen LogP contribution in [0.5, 0.6) is 0 Å². The zero-order valence-electron chi connectivity index (χ0n) is 9.69. The van der Waals surface area contributed by atoms with Crippen molar-refractivity contribution in [3.05, 3.63) is 18.3 Å². The standard InChI is InChI=1S/C9H9N5O3S2/c1-5(15)12-6-2-3-7(11-4-6)8-13-14-9(18-8)19(10,16)17/h2-4H,1H3,(H,12,15)(H2,10,16,17). The molecule has 0 spiro atoms. The van der Waals surface area contributed by atoms with Crippen molar-refractivity contribution in [2.24, 2.45) is 5.14 Å². The Balaban J connectivity index is 2.28. The topological polar surface area (TPSA) is 128 Å². The summed E-state index contributed by atoms with van der Waals surface area (Å²) in [6.07, 6.45) is 1.44. The molecular formula is C9H9N5O3S2. The molecule has 0 unspecified atom stereocenters. The van der Waals surface area contributed by atoms with E-state index in [4.69, 9.17) is 5.14 Å². The maximum atomic E-state index is 11.1. The molecule has 0 bridgehead atoms. The SMILES string of the molecule is CC(=O)Nc1ccc(-c2nnc(S(N)(=O)=O)s2)nc1. The minimum Gasteiger partial charge on any atom is -0.325 e. The van der Waals surface area contributed by atoms with Gasteiger partial charge < -0.3 is 5.32 Å². The molecule has 3 N–H and O–H groups in total. The Labute approximate surface area is 112 Å². The summed E-state index contributed by atoms with van der Waals surface area (Å²) in [6, 6.07) is 3.22. The van der Waals surface area contributed by atoms with Crippen molar-refractivity contribution < 1.29 is 13.2 Å². The predicted octanol–water partition coefficient (Wildman–Crippen LogP) is 0.206. The highest BCUT2D eigenvalue weighted by Crippen LogP contribution is 2.24. The van der Waals surface area contributed by atoms with Gasteiger partial charge in [0, 0.05) is 6.92 Å². The van der Waals surface area contributed by atoms with Gasteiger partial charge in [0.1, 0.15) is 5.69 Å². The predicted molar refractivity (Wildman–Crippen MR) is 68.8 cm³/mol. The Morgan fingerprint density at radius 3 is 2.58 bits per heavy atom. The molecule has 10 heteroatoms. The van der Waals surface area contributed by atoms with Crippen LogP contribution in [0.15, 0.2) is 22.7 Å². The maximum Gasteiger partial charge on any atom is 0.267 e. The van der Waals surface area contributed by atoms with Gasteiger partial charge in [0.25, 0.3) is 10.0 Å². The number of carbonyl (C=O) groups is 1. The van der Waals surface area contributed by atoms with Gasteiger partial charge in [0.05, 0.1) is 11.9 Å². The van der Waals surface area contributed by atoms with Gasteiger partial charge >= 0.3 is 0 Å². The van der Waals surface area contributed by atoms with Crippen molar-refractivity contribution in [1.82, 2.24) is 15.2 Å². The van der Waals surface area contributed by atoms with E-state index in [1.165, 1.54) is 13.1 Å². The van der Waals surface area contributed by atoms with Crippen LogP contribution in [0.1, 0.15) is 6.92 Å². The fourth-order valence-electron chi connectivity index (χ4n) is 1.23. The molecule has 0 aromatic carbocycles. The fourth-order valence-corrected chi connectivity index (χ4v) is 2.64. The molecule has 2 rings (SSSR count). The molecule has 1 amide bonds. The van der Waals surface area contributed by atoms with Crippen LogP contribution in [0, 0.1) is 0 Å². The first kappa shape index (κ1) is 13.5. The number of carbonyl (C=O) groups excluding carboxylic acids is 1. The lowest BCUT2D eigenvalue weighted by molar-refractivity contribution is -0.114. The quantitative estimate of drug-likeness (QED) is 0.833. The summed E-state index contributed by atoms with van der Waals surface area (Å²) in [5.74, 6) is -0.207. The Bertz CT molecular complexity index is 708. The number of sulfonamides is 1. The first-order valence-corrected chi connectivity index (χ1v) is 7.33. The number of nitrogens with one attached hydrogen (secondary N) is 1. The Hall–Kier alpha value is -1.91. The minimum absolute atomic E-state index is 0.207. The van der Waals surface area contributed by atoms with Gasteiger partial charge in [-0.3, -0.25) is 9.78 Å². The molecular weight excluding hydrogens is 290 g/mol. The van der Waals surface area contributed by atoms with Crippen molar-refractivity contribution in [2.75, 3.05) is 5.32 Å². The number of amides is 1. The van der Waals surface area contributed by atoms with Gasteiger partial charge in [-0.1, -0.05) is 11.3 Å². The van der Waals surface area contributed by atoms with E-state index in [-0.39, 0.29) is 10.2 Å². The van der Waals surface area contributed by atoms with Crippen LogP contribution in [0.2, 0.25) is 0 Å². The van der Waals surface area contributed by atoms with E-state index in [1.54, 1.807) is 12.1 Å². The molecule has 0 saturated carbocycles. The highest BCUT2D eigenvalue weighted by molar-refractivity contribution is 7.91. The summed E-state index contributed by atoms with van der Waals surface area (Å²) in [5, 5.41) is 15.0. The second kappa shape index (κ2) is 4.99. The summed E-state index contributed by atoms with van der Waals surface area (Å²) < 4.78 is 21.9. The Morgan fingerprint density at radius 1 is 1.37 bits per heavy atom. The second-order valence-corrected chi connectivity index (χ2v) is 6.24. The van der Waals surface area contributed by atoms with Crippen LogP contribution >= 0.6 is 11.3 Å². The van der Waals surface area contributed by atoms with Gasteiger partial charge in [-0.25, -0.2) is 13.6 Å². The van der Waals surface area contributed by atoms with E-state index in [1.807, 2.05) is 0 Å². The number of hydrogen-bond acceptors (Lipinski definition) is 7. The van der Waals surface area contributed by atoms with E-state index in [0.29, 0.717) is 16.4 Å². The molecule has 2 aromatic heterocycles. The molecule has 8 nitrogen and oxygen atoms in total. The van der Waals surface area contributed by atoms with Crippen molar-refractivity contribution in [3.8, 4) is 10.7 Å². The molecule has 0 aliphatic carbocycles. The number of primary sulfonamides is 1. The number of nitrogens with two attached hydrogens (primary N) is 1. The van der Waals surface area contributed by atoms with Gasteiger partial charge in [-0.15, -0.1) is 10.2 Å². The molecule has 0 aliphatic heterocycles. The molecule has 0 saturated heterocycles. The van der Waals surface area contributed by atoms with Gasteiger partial charge in [0.15, 0.2) is 5.01 Å². The van der Waals surface area contributed by atoms with Gasteiger partial charge in [-0.2, -0.15) is 0 Å². The average Bonchev–Trinajstić information content (AvgIpc) is 2.78. The molecule has 2 aromatic rings. The van der Waals surface area contributed by atoms with Crippen LogP contribution in [-0.2, 0) is 14.8 Å². The van der Waals surface area contributed by atoms with Gasteiger partial charge in [-0.05, 0) is 12.1 Å². The van der Waals surface area contributed by atoms with E-state index < -0.39 is 10.0 Å². The summed E-state index contributed by atoms with van der Waals surface area (Å²) >= 11 is 0.828. The second-order valence-electron chi connectivity index (χ2n) is 3.53. The first-order chi connectivity index (χ1) is 8.86. The van der Waals surface area contributed by atoms with E-state index in [9.17, 15) is 13.2 Å². The smallest absolute Gasteiger partial charge is 0.267 e. The van der Waals surface area contributed by atoms with Crippen molar-refractivity contribution in [1.29, 1.82) is 0 Å². The molecule has 0 fully saturated rings. The number of rotatable bonds is 3. The molecule has 19 heavy (non-hydrogen) atoms. The van der Waals surface area contributed by atoms with Crippen LogP contribution in [0.25, 0.3) is 10.7 Å². The lowest BCUT2D eigenvalue weighted by atomic mass is 10.3. The molecule has 2 heterocycles. The number of anilines is 1. The summed E-state index contributed by atoms with van der Waals surface area (Å²) in [7, 11) is -3.85. The number of nitrogens with zero attached hydrogens (tertiary/aromatic N) is 3. The molecule has 100 valence electrons. The lowest BCUT2D eigenvalue weighted by Crippen LogP contribution is -2.11. The number of hydrogen-bond donors (Lipinski definition) is 2. The fraction of sp³-hybridized carbons (Fsp3) is 0.111. The van der Waals surface area contributed by atoms with Gasteiger partial charge in [0.2, 0.25) is 10.2 Å². The third kappa shape index (κ3) is 3.30. The third-order valence-electron chi connectivity index (χ3n) is 1.95. The summed E-state index contributed by atoms with van der Waals surface area (Å²) in [6.45, 7) is 1.39. The van der Waals surface area contributed by atoms with Crippen LogP contribution in [0.3, 0.4) is 0 Å². The van der Waals surface area contributed by atoms with Crippen LogP contribution in [0.4, 0.5) is 5.69 Å².